The minimum Gasteiger partial charge on any atom is -0.480 e. The van der Waals surface area contributed by atoms with E-state index >= 15 is 0 Å². The second-order valence-electron chi connectivity index (χ2n) is 3.59. The van der Waals surface area contributed by atoms with Gasteiger partial charge in [0.2, 0.25) is 5.91 Å². The van der Waals surface area contributed by atoms with E-state index in [-0.39, 0.29) is 11.9 Å². The van der Waals surface area contributed by atoms with E-state index in [9.17, 15) is 9.59 Å². The highest BCUT2D eigenvalue weighted by molar-refractivity contribution is 7.99. The first-order chi connectivity index (χ1) is 8.01. The molecule has 2 atom stereocenters. The molecule has 5 N–H and O–H groups in total. The van der Waals surface area contributed by atoms with E-state index in [0.717, 1.165) is 6.42 Å². The van der Waals surface area contributed by atoms with Gasteiger partial charge in [0.25, 0.3) is 0 Å². The van der Waals surface area contributed by atoms with Crippen LogP contribution in [0.25, 0.3) is 0 Å². The topological polar surface area (TPSA) is 113 Å². The van der Waals surface area contributed by atoms with Crippen LogP contribution in [0, 0.1) is 0 Å². The molecule has 0 spiro atoms. The maximum atomic E-state index is 11.3. The fraction of sp³-hybridized carbons (Fsp3) is 0.800. The Balaban J connectivity index is 3.86. The number of hydrogen-bond acceptors (Lipinski definition) is 5. The smallest absolute Gasteiger partial charge is 0.322 e. The number of nitrogens with two attached hydrogens (primary N) is 1. The van der Waals surface area contributed by atoms with E-state index in [0.29, 0.717) is 12.2 Å². The van der Waals surface area contributed by atoms with Crippen LogP contribution in [-0.4, -0.2) is 52.3 Å². The zero-order valence-electron chi connectivity index (χ0n) is 9.89. The maximum absolute atomic E-state index is 11.3. The number of aliphatic carboxylic acids is 1. The van der Waals surface area contributed by atoms with Gasteiger partial charge in [0.05, 0.1) is 6.04 Å². The largest absolute Gasteiger partial charge is 0.480 e. The lowest BCUT2D eigenvalue weighted by Gasteiger charge is -2.16. The molecule has 7 heteroatoms. The summed E-state index contributed by atoms with van der Waals surface area (Å²) >= 11 is 1.52. The Morgan fingerprint density at radius 2 is 2.12 bits per heavy atom. The van der Waals surface area contributed by atoms with Crippen LogP contribution in [0.4, 0.5) is 0 Å². The van der Waals surface area contributed by atoms with Crippen LogP contribution >= 0.6 is 11.8 Å². The third-order valence-electron chi connectivity index (χ3n) is 2.17. The molecule has 0 radical (unpaired) electrons. The number of hydrogen-bond donors (Lipinski definition) is 4. The average molecular weight is 264 g/mol. The number of aliphatic hydroxyl groups is 1. The van der Waals surface area contributed by atoms with E-state index < -0.39 is 24.5 Å². The van der Waals surface area contributed by atoms with Gasteiger partial charge in [-0.15, -0.1) is 0 Å². The highest BCUT2D eigenvalue weighted by Gasteiger charge is 2.16. The molecule has 1 amide bonds. The first-order valence-electron chi connectivity index (χ1n) is 5.48. The van der Waals surface area contributed by atoms with Crippen LogP contribution < -0.4 is 11.1 Å². The lowest BCUT2D eigenvalue weighted by atomic mass is 10.2. The van der Waals surface area contributed by atoms with Gasteiger partial charge in [0.1, 0.15) is 6.54 Å². The number of aliphatic hydroxyl groups excluding tert-OH is 1. The molecule has 100 valence electrons. The van der Waals surface area contributed by atoms with Gasteiger partial charge in [0, 0.05) is 17.6 Å². The Labute approximate surface area is 105 Å². The normalized spacial score (nSPS) is 14.1. The number of carbonyl (C=O) groups excluding carboxylic acids is 1. The van der Waals surface area contributed by atoms with Crippen molar-refractivity contribution in [2.24, 2.45) is 5.73 Å². The summed E-state index contributed by atoms with van der Waals surface area (Å²) in [5.41, 5.74) is 5.61. The second-order valence-corrected chi connectivity index (χ2v) is 4.93. The molecule has 0 aliphatic rings. The van der Waals surface area contributed by atoms with Crippen LogP contribution in [0.5, 0.6) is 0 Å². The molecule has 2 unspecified atom stereocenters. The minimum absolute atomic E-state index is 0.117. The summed E-state index contributed by atoms with van der Waals surface area (Å²) in [6.07, 6.45) is 1.57. The van der Waals surface area contributed by atoms with Gasteiger partial charge < -0.3 is 21.3 Å². The van der Waals surface area contributed by atoms with Crippen molar-refractivity contribution in [2.75, 3.05) is 18.9 Å². The lowest BCUT2D eigenvalue weighted by molar-refractivity contribution is -0.138. The van der Waals surface area contributed by atoms with Crippen LogP contribution in [0.15, 0.2) is 0 Å². The van der Waals surface area contributed by atoms with Crippen molar-refractivity contribution in [3.8, 4) is 0 Å². The van der Waals surface area contributed by atoms with Crippen LogP contribution in [0.1, 0.15) is 19.8 Å². The first kappa shape index (κ1) is 16.2. The van der Waals surface area contributed by atoms with Gasteiger partial charge >= 0.3 is 5.97 Å². The Morgan fingerprint density at radius 1 is 1.47 bits per heavy atom. The Kier molecular flexibility index (Phi) is 8.83. The van der Waals surface area contributed by atoms with Gasteiger partial charge in [-0.2, -0.15) is 11.8 Å². The third-order valence-corrected chi connectivity index (χ3v) is 3.76. The molecule has 0 aliphatic heterocycles. The predicted molar refractivity (Wildman–Crippen MR) is 66.9 cm³/mol. The molecule has 0 fully saturated rings. The molecule has 0 heterocycles. The van der Waals surface area contributed by atoms with E-state index in [4.69, 9.17) is 15.9 Å². The standard InChI is InChI=1S/C10H20N2O4S/c1-2-7(3-4-13)17-6-8(11)10(16)12-5-9(14)15/h7-8,13H,2-6,11H2,1H3,(H,12,16)(H,14,15). The molecule has 0 saturated carbocycles. The highest BCUT2D eigenvalue weighted by Crippen LogP contribution is 2.18. The fourth-order valence-corrected chi connectivity index (χ4v) is 2.30. The number of rotatable bonds is 9. The van der Waals surface area contributed by atoms with Gasteiger partial charge in [-0.05, 0) is 12.8 Å². The molecule has 0 bridgehead atoms. The predicted octanol–water partition coefficient (Wildman–Crippen LogP) is -0.591. The van der Waals surface area contributed by atoms with Crippen molar-refractivity contribution < 1.29 is 19.8 Å². The van der Waals surface area contributed by atoms with Crippen molar-refractivity contribution in [2.45, 2.75) is 31.1 Å². The van der Waals surface area contributed by atoms with E-state index in [1.165, 1.54) is 11.8 Å². The number of thioether (sulfide) groups is 1. The average Bonchev–Trinajstić information content (AvgIpc) is 2.30. The number of nitrogens with one attached hydrogen (secondary N) is 1. The first-order valence-corrected chi connectivity index (χ1v) is 6.53. The van der Waals surface area contributed by atoms with Crippen LogP contribution in [0.2, 0.25) is 0 Å². The quantitative estimate of drug-likeness (QED) is 0.443. The fourth-order valence-electron chi connectivity index (χ4n) is 1.16. The molecule has 0 aliphatic carbocycles. The zero-order valence-corrected chi connectivity index (χ0v) is 10.7. The second kappa shape index (κ2) is 9.26. The summed E-state index contributed by atoms with van der Waals surface area (Å²) in [5.74, 6) is -1.13. The molecule has 0 aromatic carbocycles. The highest BCUT2D eigenvalue weighted by atomic mass is 32.2. The van der Waals surface area contributed by atoms with E-state index in [1.54, 1.807) is 0 Å². The summed E-state index contributed by atoms with van der Waals surface area (Å²) < 4.78 is 0. The summed E-state index contributed by atoms with van der Waals surface area (Å²) in [6, 6.07) is -0.716. The molecule has 0 rings (SSSR count). The Morgan fingerprint density at radius 3 is 2.59 bits per heavy atom. The van der Waals surface area contributed by atoms with Crippen molar-refractivity contribution in [3.63, 3.8) is 0 Å². The summed E-state index contributed by atoms with van der Waals surface area (Å²) in [7, 11) is 0. The van der Waals surface area contributed by atoms with Gasteiger partial charge in [-0.3, -0.25) is 9.59 Å². The SMILES string of the molecule is CCC(CCO)SCC(N)C(=O)NCC(=O)O. The third kappa shape index (κ3) is 8.00. The number of amides is 1. The van der Waals surface area contributed by atoms with E-state index in [1.807, 2.05) is 6.92 Å². The summed E-state index contributed by atoms with van der Waals surface area (Å²) in [6.45, 7) is 1.71. The monoisotopic (exact) mass is 264 g/mol. The molecule has 6 nitrogen and oxygen atoms in total. The van der Waals surface area contributed by atoms with Gasteiger partial charge in [-0.1, -0.05) is 6.92 Å². The molecular weight excluding hydrogens is 244 g/mol. The van der Waals surface area contributed by atoms with E-state index in [2.05, 4.69) is 5.32 Å². The van der Waals surface area contributed by atoms with Gasteiger partial charge in [-0.25, -0.2) is 0 Å². The molecule has 17 heavy (non-hydrogen) atoms. The zero-order chi connectivity index (χ0) is 13.3. The Bertz CT molecular complexity index is 250. The number of carbonyl (C=O) groups is 2. The number of carboxylic acids is 1. The van der Waals surface area contributed by atoms with Crippen molar-refractivity contribution in [3.05, 3.63) is 0 Å². The van der Waals surface area contributed by atoms with Crippen LogP contribution in [-0.2, 0) is 9.59 Å². The van der Waals surface area contributed by atoms with Crippen molar-refractivity contribution in [1.29, 1.82) is 0 Å². The minimum atomic E-state index is -1.09. The Hall–Kier alpha value is -0.790. The molecule has 0 aromatic rings. The molecular formula is C10H20N2O4S. The summed E-state index contributed by atoms with van der Waals surface area (Å²) in [4.78, 5) is 21.6. The van der Waals surface area contributed by atoms with Crippen molar-refractivity contribution >= 4 is 23.6 Å². The van der Waals surface area contributed by atoms with Gasteiger partial charge in [0.15, 0.2) is 0 Å². The summed E-state index contributed by atoms with van der Waals surface area (Å²) in [5, 5.41) is 19.7. The molecule has 0 aromatic heterocycles. The van der Waals surface area contributed by atoms with Crippen molar-refractivity contribution in [1.82, 2.24) is 5.32 Å². The number of carboxylic acid groups (broad SMARTS) is 1. The van der Waals surface area contributed by atoms with Crippen LogP contribution in [0.3, 0.4) is 0 Å². The molecule has 0 saturated heterocycles. The lowest BCUT2D eigenvalue weighted by Crippen LogP contribution is -2.44. The maximum Gasteiger partial charge on any atom is 0.322 e.